The van der Waals surface area contributed by atoms with Crippen molar-refractivity contribution >= 4 is 43.5 Å². The van der Waals surface area contributed by atoms with Crippen LogP contribution >= 0.6 is 43.5 Å². The molecule has 16 heavy (non-hydrogen) atoms. The van der Waals surface area contributed by atoms with Gasteiger partial charge in [0.2, 0.25) is 0 Å². The summed E-state index contributed by atoms with van der Waals surface area (Å²) >= 11 is 12.8. The molecule has 1 fully saturated rings. The van der Waals surface area contributed by atoms with Crippen molar-refractivity contribution in [2.45, 2.75) is 23.5 Å². The van der Waals surface area contributed by atoms with Gasteiger partial charge in [0.15, 0.2) is 0 Å². The van der Waals surface area contributed by atoms with Crippen molar-refractivity contribution < 1.29 is 9.47 Å². The average molecular weight is 370 g/mol. The van der Waals surface area contributed by atoms with Gasteiger partial charge in [0, 0.05) is 23.4 Å². The normalized spacial score (nSPS) is 28.6. The Bertz CT molecular complexity index is 386. The molecule has 0 radical (unpaired) electrons. The minimum atomic E-state index is 0.104. The number of alkyl halides is 1. The summed E-state index contributed by atoms with van der Waals surface area (Å²) in [7, 11) is 1.70. The third-order valence-corrected chi connectivity index (χ3v) is 4.37. The third-order valence-electron chi connectivity index (χ3n) is 2.62. The number of methoxy groups -OCH3 is 1. The Morgan fingerprint density at radius 3 is 2.75 bits per heavy atom. The molecule has 1 saturated carbocycles. The van der Waals surface area contributed by atoms with E-state index in [1.807, 2.05) is 18.2 Å². The SMILES string of the molecule is COC1C(Br)CC1Oc1ccc(Cl)cc1Br. The fraction of sp³-hybridized carbons (Fsp3) is 0.455. The minimum Gasteiger partial charge on any atom is -0.486 e. The molecule has 0 heterocycles. The first-order valence-electron chi connectivity index (χ1n) is 4.90. The molecule has 0 spiro atoms. The summed E-state index contributed by atoms with van der Waals surface area (Å²) < 4.78 is 12.1. The van der Waals surface area contributed by atoms with Gasteiger partial charge < -0.3 is 9.47 Å². The number of rotatable bonds is 3. The van der Waals surface area contributed by atoms with E-state index in [9.17, 15) is 0 Å². The lowest BCUT2D eigenvalue weighted by Gasteiger charge is -2.40. The van der Waals surface area contributed by atoms with Gasteiger partial charge in [-0.2, -0.15) is 0 Å². The Morgan fingerprint density at radius 1 is 1.44 bits per heavy atom. The van der Waals surface area contributed by atoms with E-state index < -0.39 is 0 Å². The van der Waals surface area contributed by atoms with Crippen molar-refractivity contribution in [1.29, 1.82) is 0 Å². The summed E-state index contributed by atoms with van der Waals surface area (Å²) in [6, 6.07) is 5.50. The van der Waals surface area contributed by atoms with Crippen LogP contribution in [0.15, 0.2) is 22.7 Å². The highest BCUT2D eigenvalue weighted by Gasteiger charge is 2.41. The molecule has 0 saturated heterocycles. The fourth-order valence-electron chi connectivity index (χ4n) is 1.68. The highest BCUT2D eigenvalue weighted by atomic mass is 79.9. The van der Waals surface area contributed by atoms with Gasteiger partial charge in [0.05, 0.1) is 4.47 Å². The summed E-state index contributed by atoms with van der Waals surface area (Å²) in [5, 5.41) is 0.689. The van der Waals surface area contributed by atoms with Gasteiger partial charge in [-0.25, -0.2) is 0 Å². The Hall–Kier alpha value is 0.230. The maximum Gasteiger partial charge on any atom is 0.134 e. The van der Waals surface area contributed by atoms with Crippen molar-refractivity contribution in [1.82, 2.24) is 0 Å². The number of hydrogen-bond acceptors (Lipinski definition) is 2. The molecule has 1 aromatic carbocycles. The standard InChI is InChI=1S/C11H11Br2ClO2/c1-15-11-8(13)5-10(11)16-9-3-2-6(14)4-7(9)12/h2-4,8,10-11H,5H2,1H3. The van der Waals surface area contributed by atoms with Crippen LogP contribution in [0.5, 0.6) is 5.75 Å². The van der Waals surface area contributed by atoms with Crippen LogP contribution in [0, 0.1) is 0 Å². The molecule has 0 amide bonds. The average Bonchev–Trinajstić information content (AvgIpc) is 2.21. The van der Waals surface area contributed by atoms with Gasteiger partial charge in [-0.05, 0) is 34.1 Å². The lowest BCUT2D eigenvalue weighted by molar-refractivity contribution is -0.0547. The highest BCUT2D eigenvalue weighted by Crippen LogP contribution is 2.36. The number of ether oxygens (including phenoxy) is 2. The second-order valence-electron chi connectivity index (χ2n) is 3.68. The zero-order valence-corrected chi connectivity index (χ0v) is 12.5. The molecular formula is C11H11Br2ClO2. The smallest absolute Gasteiger partial charge is 0.134 e. The van der Waals surface area contributed by atoms with Gasteiger partial charge in [0.1, 0.15) is 18.0 Å². The third kappa shape index (κ3) is 2.55. The van der Waals surface area contributed by atoms with E-state index in [4.69, 9.17) is 21.1 Å². The molecule has 2 nitrogen and oxygen atoms in total. The minimum absolute atomic E-state index is 0.104. The first-order valence-corrected chi connectivity index (χ1v) is 6.99. The van der Waals surface area contributed by atoms with Crippen molar-refractivity contribution in [3.63, 3.8) is 0 Å². The largest absolute Gasteiger partial charge is 0.486 e. The van der Waals surface area contributed by atoms with Crippen LogP contribution in [-0.4, -0.2) is 24.1 Å². The summed E-state index contributed by atoms with van der Waals surface area (Å²) in [5.41, 5.74) is 0. The van der Waals surface area contributed by atoms with Crippen LogP contribution in [0.1, 0.15) is 6.42 Å². The first kappa shape index (κ1) is 12.7. The van der Waals surface area contributed by atoms with Gasteiger partial charge in [-0.15, -0.1) is 0 Å². The quantitative estimate of drug-likeness (QED) is 0.748. The molecule has 1 aromatic rings. The highest BCUT2D eigenvalue weighted by molar-refractivity contribution is 9.10. The van der Waals surface area contributed by atoms with Crippen LogP contribution in [-0.2, 0) is 4.74 Å². The molecule has 2 rings (SSSR count). The van der Waals surface area contributed by atoms with Crippen LogP contribution in [0.4, 0.5) is 0 Å². The molecule has 1 aliphatic rings. The van der Waals surface area contributed by atoms with Crippen LogP contribution in [0.2, 0.25) is 5.02 Å². The molecule has 0 aromatic heterocycles. The molecule has 3 unspecified atom stereocenters. The predicted molar refractivity (Wildman–Crippen MR) is 71.7 cm³/mol. The van der Waals surface area contributed by atoms with E-state index >= 15 is 0 Å². The monoisotopic (exact) mass is 368 g/mol. The van der Waals surface area contributed by atoms with E-state index in [0.29, 0.717) is 9.85 Å². The summed E-state index contributed by atoms with van der Waals surface area (Å²) in [4.78, 5) is 0.383. The second-order valence-corrected chi connectivity index (χ2v) is 6.15. The maximum absolute atomic E-state index is 5.86. The second kappa shape index (κ2) is 5.25. The van der Waals surface area contributed by atoms with Crippen molar-refractivity contribution in [3.05, 3.63) is 27.7 Å². The molecule has 1 aliphatic carbocycles. The Morgan fingerprint density at radius 2 is 2.19 bits per heavy atom. The lowest BCUT2D eigenvalue weighted by atomic mass is 9.91. The maximum atomic E-state index is 5.86. The molecule has 5 heteroatoms. The lowest BCUT2D eigenvalue weighted by Crippen LogP contribution is -2.51. The van der Waals surface area contributed by atoms with E-state index in [1.54, 1.807) is 7.11 Å². The van der Waals surface area contributed by atoms with E-state index in [1.165, 1.54) is 0 Å². The molecule has 0 aliphatic heterocycles. The van der Waals surface area contributed by atoms with Gasteiger partial charge in [-0.1, -0.05) is 27.5 Å². The zero-order chi connectivity index (χ0) is 11.7. The first-order chi connectivity index (χ1) is 7.61. The fourth-order valence-corrected chi connectivity index (χ4v) is 3.38. The van der Waals surface area contributed by atoms with Crippen molar-refractivity contribution in [2.75, 3.05) is 7.11 Å². The summed E-state index contributed by atoms with van der Waals surface area (Å²) in [6.07, 6.45) is 1.17. The Kier molecular flexibility index (Phi) is 4.16. The summed E-state index contributed by atoms with van der Waals surface area (Å²) in [5.74, 6) is 0.802. The van der Waals surface area contributed by atoms with Gasteiger partial charge in [-0.3, -0.25) is 0 Å². The molecule has 3 atom stereocenters. The Balaban J connectivity index is 2.04. The van der Waals surface area contributed by atoms with Crippen molar-refractivity contribution in [2.24, 2.45) is 0 Å². The Labute approximate surface area is 117 Å². The molecule has 0 N–H and O–H groups in total. The molecule has 88 valence electrons. The van der Waals surface area contributed by atoms with Gasteiger partial charge >= 0.3 is 0 Å². The van der Waals surface area contributed by atoms with Gasteiger partial charge in [0.25, 0.3) is 0 Å². The number of halogens is 3. The zero-order valence-electron chi connectivity index (χ0n) is 8.62. The van der Waals surface area contributed by atoms with E-state index in [-0.39, 0.29) is 12.2 Å². The van der Waals surface area contributed by atoms with E-state index in [0.717, 1.165) is 16.6 Å². The van der Waals surface area contributed by atoms with Crippen LogP contribution in [0.25, 0.3) is 0 Å². The van der Waals surface area contributed by atoms with Crippen molar-refractivity contribution in [3.8, 4) is 5.75 Å². The molecule has 0 bridgehead atoms. The van der Waals surface area contributed by atoms with E-state index in [2.05, 4.69) is 31.9 Å². The number of hydrogen-bond donors (Lipinski definition) is 0. The molecular weight excluding hydrogens is 359 g/mol. The topological polar surface area (TPSA) is 18.5 Å². The predicted octanol–water partition coefficient (Wildman–Crippen LogP) is 4.03. The summed E-state index contributed by atoms with van der Waals surface area (Å²) in [6.45, 7) is 0. The number of benzene rings is 1. The van der Waals surface area contributed by atoms with Crippen LogP contribution in [0.3, 0.4) is 0 Å². The van der Waals surface area contributed by atoms with Crippen LogP contribution < -0.4 is 4.74 Å².